The van der Waals surface area contributed by atoms with E-state index in [9.17, 15) is 19.5 Å². The number of hydrogen-bond donors (Lipinski definition) is 2. The largest absolute Gasteiger partial charge is 0.481 e. The summed E-state index contributed by atoms with van der Waals surface area (Å²) in [5, 5.41) is 12.1. The summed E-state index contributed by atoms with van der Waals surface area (Å²) in [6, 6.07) is 15.3. The maximum atomic E-state index is 13.4. The lowest BCUT2D eigenvalue weighted by atomic mass is 9.97. The van der Waals surface area contributed by atoms with Gasteiger partial charge in [-0.2, -0.15) is 0 Å². The highest BCUT2D eigenvalue weighted by atomic mass is 16.5. The third-order valence-electron chi connectivity index (χ3n) is 7.30. The van der Waals surface area contributed by atoms with Crippen LogP contribution in [0.15, 0.2) is 48.5 Å². The van der Waals surface area contributed by atoms with E-state index >= 15 is 0 Å². The first-order valence-corrected chi connectivity index (χ1v) is 12.2. The first-order valence-electron chi connectivity index (χ1n) is 12.2. The van der Waals surface area contributed by atoms with E-state index in [1.54, 1.807) is 4.90 Å². The van der Waals surface area contributed by atoms with Crippen molar-refractivity contribution < 1.29 is 24.2 Å². The molecule has 2 aromatic rings. The monoisotopic (exact) mass is 462 g/mol. The number of nitrogens with zero attached hydrogens (tertiary/aromatic N) is 1. The van der Waals surface area contributed by atoms with Crippen LogP contribution in [-0.4, -0.2) is 53.2 Å². The number of fused-ring (bicyclic) bond motifs is 3. The first kappa shape index (κ1) is 22.4. The normalized spacial score (nSPS) is 20.2. The van der Waals surface area contributed by atoms with E-state index in [0.29, 0.717) is 13.0 Å². The van der Waals surface area contributed by atoms with Crippen LogP contribution in [0.25, 0.3) is 11.1 Å². The number of piperidine rings is 1. The van der Waals surface area contributed by atoms with E-state index in [0.717, 1.165) is 47.9 Å². The fourth-order valence-corrected chi connectivity index (χ4v) is 5.46. The lowest BCUT2D eigenvalue weighted by Crippen LogP contribution is -2.54. The number of carbonyl (C=O) groups is 3. The topological polar surface area (TPSA) is 95.9 Å². The molecule has 1 saturated heterocycles. The molecule has 2 fully saturated rings. The van der Waals surface area contributed by atoms with Crippen LogP contribution >= 0.6 is 0 Å². The molecule has 0 aromatic heterocycles. The minimum atomic E-state index is -0.905. The van der Waals surface area contributed by atoms with Gasteiger partial charge in [-0.3, -0.25) is 9.59 Å². The Kier molecular flexibility index (Phi) is 6.26. The average molecular weight is 463 g/mol. The Morgan fingerprint density at radius 1 is 0.971 bits per heavy atom. The Bertz CT molecular complexity index is 1050. The summed E-state index contributed by atoms with van der Waals surface area (Å²) in [5.41, 5.74) is 4.59. The number of nitrogens with one attached hydrogen (secondary N) is 1. The number of hydrogen-bond acceptors (Lipinski definition) is 4. The summed E-state index contributed by atoms with van der Waals surface area (Å²) in [5.74, 6) is -1.05. The molecule has 0 radical (unpaired) electrons. The molecule has 2 aromatic carbocycles. The Morgan fingerprint density at radius 2 is 1.62 bits per heavy atom. The average Bonchev–Trinajstić information content (AvgIpc) is 3.63. The molecule has 178 valence electrons. The van der Waals surface area contributed by atoms with Crippen molar-refractivity contribution in [1.29, 1.82) is 0 Å². The van der Waals surface area contributed by atoms with Gasteiger partial charge in [0, 0.05) is 18.5 Å². The summed E-state index contributed by atoms with van der Waals surface area (Å²) in [6.45, 7) is 0.725. The van der Waals surface area contributed by atoms with Crippen LogP contribution in [0, 0.1) is 5.92 Å². The van der Waals surface area contributed by atoms with Gasteiger partial charge >= 0.3 is 12.1 Å². The summed E-state index contributed by atoms with van der Waals surface area (Å²) < 4.78 is 5.66. The zero-order valence-corrected chi connectivity index (χ0v) is 19.1. The molecule has 7 nitrogen and oxygen atoms in total. The van der Waals surface area contributed by atoms with Crippen LogP contribution in [0.3, 0.4) is 0 Å². The van der Waals surface area contributed by atoms with Crippen molar-refractivity contribution in [3.63, 3.8) is 0 Å². The van der Waals surface area contributed by atoms with Crippen molar-refractivity contribution in [1.82, 2.24) is 10.2 Å². The molecule has 1 saturated carbocycles. The summed E-state index contributed by atoms with van der Waals surface area (Å²) in [6.07, 6.45) is 3.53. The smallest absolute Gasteiger partial charge is 0.407 e. The van der Waals surface area contributed by atoms with E-state index in [1.165, 1.54) is 0 Å². The van der Waals surface area contributed by atoms with E-state index in [4.69, 9.17) is 4.74 Å². The second-order valence-corrected chi connectivity index (χ2v) is 9.56. The SMILES string of the molecule is O=C(O)C[C@@H]1CCCCN1C(=O)C(NC(=O)OCC1c2ccccc2-c2ccccc21)C1CC1. The molecule has 2 aliphatic carbocycles. The van der Waals surface area contributed by atoms with Gasteiger partial charge in [-0.15, -0.1) is 0 Å². The zero-order chi connectivity index (χ0) is 23.7. The molecule has 3 aliphatic rings. The number of ether oxygens (including phenoxy) is 1. The molecule has 2 N–H and O–H groups in total. The second kappa shape index (κ2) is 9.49. The minimum absolute atomic E-state index is 0.0460. The van der Waals surface area contributed by atoms with Crippen LogP contribution < -0.4 is 5.32 Å². The number of likely N-dealkylation sites (tertiary alicyclic amines) is 1. The highest BCUT2D eigenvalue weighted by Crippen LogP contribution is 2.44. The summed E-state index contributed by atoms with van der Waals surface area (Å²) in [4.78, 5) is 39.1. The number of alkyl carbamates (subject to hydrolysis) is 1. The van der Waals surface area contributed by atoms with Gasteiger partial charge in [-0.25, -0.2) is 4.79 Å². The molecule has 2 amide bonds. The molecule has 1 unspecified atom stereocenters. The number of carbonyl (C=O) groups excluding carboxylic acids is 2. The number of aliphatic carboxylic acids is 1. The predicted molar refractivity (Wildman–Crippen MR) is 126 cm³/mol. The molecule has 0 bridgehead atoms. The van der Waals surface area contributed by atoms with Gasteiger partial charge in [0.1, 0.15) is 12.6 Å². The molecule has 0 spiro atoms. The summed E-state index contributed by atoms with van der Waals surface area (Å²) in [7, 11) is 0. The number of benzene rings is 2. The molecule has 2 atom stereocenters. The lowest BCUT2D eigenvalue weighted by Gasteiger charge is -2.37. The highest BCUT2D eigenvalue weighted by molar-refractivity contribution is 5.87. The van der Waals surface area contributed by atoms with E-state index in [1.807, 2.05) is 24.3 Å². The fraction of sp³-hybridized carbons (Fsp3) is 0.444. The lowest BCUT2D eigenvalue weighted by molar-refractivity contribution is -0.143. The first-order chi connectivity index (χ1) is 16.5. The van der Waals surface area contributed by atoms with Gasteiger partial charge in [0.05, 0.1) is 6.42 Å². The predicted octanol–water partition coefficient (Wildman–Crippen LogP) is 4.16. The highest BCUT2D eigenvalue weighted by Gasteiger charge is 2.42. The molecule has 7 heteroatoms. The van der Waals surface area contributed by atoms with Gasteiger partial charge in [-0.1, -0.05) is 48.5 Å². The summed E-state index contributed by atoms with van der Waals surface area (Å²) >= 11 is 0. The minimum Gasteiger partial charge on any atom is -0.481 e. The van der Waals surface area contributed by atoms with Gasteiger partial charge in [0.2, 0.25) is 5.91 Å². The molecular formula is C27H30N2O5. The second-order valence-electron chi connectivity index (χ2n) is 9.56. The Morgan fingerprint density at radius 3 is 2.24 bits per heavy atom. The van der Waals surface area contributed by atoms with Gasteiger partial charge in [0.15, 0.2) is 0 Å². The standard InChI is InChI=1S/C27H30N2O5/c30-24(31)15-18-7-5-6-14-29(18)26(32)25(17-12-13-17)28-27(33)34-16-23-21-10-3-1-8-19(21)20-9-2-4-11-22(20)23/h1-4,8-11,17-18,23,25H,5-7,12-16H2,(H,28,33)(H,30,31)/t18-,25?/m0/s1. The fourth-order valence-electron chi connectivity index (χ4n) is 5.46. The van der Waals surface area contributed by atoms with Gasteiger partial charge in [0.25, 0.3) is 0 Å². The number of rotatable bonds is 7. The van der Waals surface area contributed by atoms with Crippen molar-refractivity contribution in [2.75, 3.05) is 13.2 Å². The van der Waals surface area contributed by atoms with Crippen molar-refractivity contribution in [2.45, 2.75) is 56.5 Å². The number of carboxylic acid groups (broad SMARTS) is 1. The van der Waals surface area contributed by atoms with Crippen LogP contribution in [0.1, 0.15) is 55.6 Å². The van der Waals surface area contributed by atoms with E-state index < -0.39 is 18.1 Å². The third-order valence-corrected chi connectivity index (χ3v) is 7.30. The molecule has 5 rings (SSSR count). The number of carboxylic acids is 1. The molecular weight excluding hydrogens is 432 g/mol. The third kappa shape index (κ3) is 4.52. The maximum Gasteiger partial charge on any atom is 0.407 e. The van der Waals surface area contributed by atoms with Gasteiger partial charge in [-0.05, 0) is 60.3 Å². The van der Waals surface area contributed by atoms with Crippen LogP contribution in [0.4, 0.5) is 4.79 Å². The maximum absolute atomic E-state index is 13.4. The Hall–Kier alpha value is -3.35. The van der Waals surface area contributed by atoms with Gasteiger partial charge < -0.3 is 20.1 Å². The molecule has 1 aliphatic heterocycles. The van der Waals surface area contributed by atoms with Crippen molar-refractivity contribution in [3.8, 4) is 11.1 Å². The quantitative estimate of drug-likeness (QED) is 0.644. The van der Waals surface area contributed by atoms with Crippen LogP contribution in [-0.2, 0) is 14.3 Å². The van der Waals surface area contributed by atoms with E-state index in [2.05, 4.69) is 29.6 Å². The Labute approximate surface area is 199 Å². The molecule has 34 heavy (non-hydrogen) atoms. The van der Waals surface area contributed by atoms with Crippen LogP contribution in [0.2, 0.25) is 0 Å². The van der Waals surface area contributed by atoms with Crippen molar-refractivity contribution in [3.05, 3.63) is 59.7 Å². The van der Waals surface area contributed by atoms with Crippen LogP contribution in [0.5, 0.6) is 0 Å². The van der Waals surface area contributed by atoms with Crippen molar-refractivity contribution in [2.24, 2.45) is 5.92 Å². The molecule has 1 heterocycles. The Balaban J connectivity index is 1.25. The number of amides is 2. The van der Waals surface area contributed by atoms with E-state index in [-0.39, 0.29) is 36.8 Å². The van der Waals surface area contributed by atoms with Crippen molar-refractivity contribution >= 4 is 18.0 Å². The zero-order valence-electron chi connectivity index (χ0n) is 19.1.